The molecule has 0 fully saturated rings. The minimum atomic E-state index is -4.31. The summed E-state index contributed by atoms with van der Waals surface area (Å²) in [5, 5.41) is 6.22. The van der Waals surface area contributed by atoms with Crippen LogP contribution in [0.1, 0.15) is 16.7 Å². The molecule has 0 saturated carbocycles. The largest absolute Gasteiger partial charge is 0.416 e. The molecule has 0 amide bonds. The van der Waals surface area contributed by atoms with E-state index < -0.39 is 11.7 Å². The van der Waals surface area contributed by atoms with Crippen molar-refractivity contribution < 1.29 is 13.2 Å². The van der Waals surface area contributed by atoms with Crippen molar-refractivity contribution in [2.45, 2.75) is 19.3 Å². The number of hydrogen-bond acceptors (Lipinski definition) is 1. The Labute approximate surface area is 133 Å². The molecular formula is C16H19F3N4. The second-order valence-electron chi connectivity index (χ2n) is 5.16. The average molecular weight is 324 g/mol. The predicted octanol–water partition coefficient (Wildman–Crippen LogP) is 2.91. The Morgan fingerprint density at radius 1 is 1.04 bits per heavy atom. The highest BCUT2D eigenvalue weighted by Gasteiger charge is 2.29. The van der Waals surface area contributed by atoms with Gasteiger partial charge in [-0.3, -0.25) is 4.99 Å². The van der Waals surface area contributed by atoms with Crippen LogP contribution in [0.2, 0.25) is 0 Å². The van der Waals surface area contributed by atoms with Gasteiger partial charge in [-0.1, -0.05) is 12.1 Å². The molecule has 0 unspecified atom stereocenters. The molecule has 0 atom stereocenters. The van der Waals surface area contributed by atoms with Crippen molar-refractivity contribution in [3.63, 3.8) is 0 Å². The molecule has 0 saturated heterocycles. The summed E-state index contributed by atoms with van der Waals surface area (Å²) in [6.45, 7) is 1.01. The smallest absolute Gasteiger partial charge is 0.357 e. The summed E-state index contributed by atoms with van der Waals surface area (Å²) in [6.07, 6.45) is -0.356. The molecule has 4 nitrogen and oxygen atoms in total. The lowest BCUT2D eigenvalue weighted by atomic mass is 10.1. The summed E-state index contributed by atoms with van der Waals surface area (Å²) in [4.78, 5) is 4.09. The molecule has 1 aromatic carbocycles. The van der Waals surface area contributed by atoms with Crippen LogP contribution in [0.25, 0.3) is 0 Å². The van der Waals surface area contributed by atoms with E-state index in [1.165, 1.54) is 12.1 Å². The van der Waals surface area contributed by atoms with Crippen LogP contribution in [0.3, 0.4) is 0 Å². The summed E-state index contributed by atoms with van der Waals surface area (Å²) in [5.41, 5.74) is 1.22. The van der Waals surface area contributed by atoms with E-state index in [0.717, 1.165) is 23.3 Å². The van der Waals surface area contributed by atoms with E-state index >= 15 is 0 Å². The van der Waals surface area contributed by atoms with Gasteiger partial charge in [-0.05, 0) is 29.3 Å². The van der Waals surface area contributed by atoms with Gasteiger partial charge in [0.25, 0.3) is 0 Å². The van der Waals surface area contributed by atoms with Gasteiger partial charge in [0.2, 0.25) is 0 Å². The number of nitrogens with one attached hydrogen (secondary N) is 2. The van der Waals surface area contributed by atoms with E-state index in [1.54, 1.807) is 7.05 Å². The van der Waals surface area contributed by atoms with E-state index in [1.807, 2.05) is 30.1 Å². The lowest BCUT2D eigenvalue weighted by Gasteiger charge is -2.12. The number of rotatable bonds is 4. The van der Waals surface area contributed by atoms with Crippen LogP contribution in [0.15, 0.2) is 47.7 Å². The van der Waals surface area contributed by atoms with Gasteiger partial charge in [0.05, 0.1) is 5.56 Å². The molecule has 0 aliphatic rings. The Kier molecular flexibility index (Phi) is 5.31. The highest BCUT2D eigenvalue weighted by molar-refractivity contribution is 5.79. The summed E-state index contributed by atoms with van der Waals surface area (Å²) >= 11 is 0. The predicted molar refractivity (Wildman–Crippen MR) is 83.9 cm³/mol. The quantitative estimate of drug-likeness (QED) is 0.671. The van der Waals surface area contributed by atoms with Gasteiger partial charge in [0.1, 0.15) is 0 Å². The van der Waals surface area contributed by atoms with Crippen molar-refractivity contribution in [1.82, 2.24) is 15.2 Å². The van der Waals surface area contributed by atoms with Crippen molar-refractivity contribution in [2.75, 3.05) is 7.05 Å². The van der Waals surface area contributed by atoms with Crippen LogP contribution >= 0.6 is 0 Å². The van der Waals surface area contributed by atoms with Gasteiger partial charge < -0.3 is 15.2 Å². The van der Waals surface area contributed by atoms with Crippen LogP contribution in [-0.4, -0.2) is 17.6 Å². The topological polar surface area (TPSA) is 41.4 Å². The van der Waals surface area contributed by atoms with E-state index in [4.69, 9.17) is 0 Å². The normalized spacial score (nSPS) is 12.3. The van der Waals surface area contributed by atoms with Crippen LogP contribution in [-0.2, 0) is 26.3 Å². The van der Waals surface area contributed by atoms with Crippen molar-refractivity contribution in [3.8, 4) is 0 Å². The summed E-state index contributed by atoms with van der Waals surface area (Å²) in [7, 11) is 3.59. The zero-order chi connectivity index (χ0) is 16.9. The molecule has 23 heavy (non-hydrogen) atoms. The van der Waals surface area contributed by atoms with E-state index in [0.29, 0.717) is 19.0 Å². The van der Waals surface area contributed by atoms with Gasteiger partial charge in [0, 0.05) is 39.6 Å². The molecule has 0 spiro atoms. The third kappa shape index (κ3) is 5.05. The average Bonchev–Trinajstić information content (AvgIpc) is 2.92. The van der Waals surface area contributed by atoms with Crippen LogP contribution in [0.5, 0.6) is 0 Å². The van der Waals surface area contributed by atoms with E-state index in [-0.39, 0.29) is 0 Å². The first-order chi connectivity index (χ1) is 10.9. The highest BCUT2D eigenvalue weighted by atomic mass is 19.4. The number of benzene rings is 1. The first-order valence-electron chi connectivity index (χ1n) is 7.10. The molecule has 0 aliphatic carbocycles. The molecule has 0 aliphatic heterocycles. The third-order valence-electron chi connectivity index (χ3n) is 3.32. The molecule has 1 heterocycles. The van der Waals surface area contributed by atoms with Gasteiger partial charge >= 0.3 is 6.18 Å². The molecular weight excluding hydrogens is 305 g/mol. The lowest BCUT2D eigenvalue weighted by Crippen LogP contribution is -2.36. The van der Waals surface area contributed by atoms with Crippen molar-refractivity contribution in [1.29, 1.82) is 0 Å². The number of aliphatic imine (C=N–C) groups is 1. The summed E-state index contributed by atoms with van der Waals surface area (Å²) in [6, 6.07) is 7.07. The number of aromatic nitrogens is 1. The van der Waals surface area contributed by atoms with Gasteiger partial charge in [0.15, 0.2) is 5.96 Å². The van der Waals surface area contributed by atoms with Crippen molar-refractivity contribution in [2.24, 2.45) is 12.0 Å². The van der Waals surface area contributed by atoms with Crippen molar-refractivity contribution in [3.05, 3.63) is 59.4 Å². The van der Waals surface area contributed by atoms with Gasteiger partial charge in [-0.25, -0.2) is 0 Å². The van der Waals surface area contributed by atoms with Crippen LogP contribution in [0, 0.1) is 0 Å². The number of guanidine groups is 1. The first-order valence-corrected chi connectivity index (χ1v) is 7.10. The fraction of sp³-hybridized carbons (Fsp3) is 0.312. The maximum Gasteiger partial charge on any atom is 0.416 e. The minimum absolute atomic E-state index is 0.395. The fourth-order valence-corrected chi connectivity index (χ4v) is 2.07. The number of halogens is 3. The maximum atomic E-state index is 12.5. The lowest BCUT2D eigenvalue weighted by molar-refractivity contribution is -0.137. The molecule has 2 rings (SSSR count). The summed E-state index contributed by atoms with van der Waals surface area (Å²) in [5.74, 6) is 0.591. The SMILES string of the molecule is CN=C(NCc1ccc(C(F)(F)F)cc1)NCc1ccn(C)c1. The maximum absolute atomic E-state index is 12.5. The van der Waals surface area contributed by atoms with E-state index in [9.17, 15) is 13.2 Å². The molecule has 124 valence electrons. The number of nitrogens with zero attached hydrogens (tertiary/aromatic N) is 2. The first kappa shape index (κ1) is 16.9. The second-order valence-corrected chi connectivity index (χ2v) is 5.16. The zero-order valence-electron chi connectivity index (χ0n) is 13.0. The zero-order valence-corrected chi connectivity index (χ0v) is 13.0. The molecule has 0 bridgehead atoms. The van der Waals surface area contributed by atoms with Gasteiger partial charge in [-0.2, -0.15) is 13.2 Å². The Balaban J connectivity index is 1.85. The number of hydrogen-bond donors (Lipinski definition) is 2. The second kappa shape index (κ2) is 7.21. The number of alkyl halides is 3. The highest BCUT2D eigenvalue weighted by Crippen LogP contribution is 2.28. The van der Waals surface area contributed by atoms with Crippen LogP contribution < -0.4 is 10.6 Å². The molecule has 7 heteroatoms. The number of aryl methyl sites for hydroxylation is 1. The van der Waals surface area contributed by atoms with Crippen molar-refractivity contribution >= 4 is 5.96 Å². The Morgan fingerprint density at radius 2 is 1.65 bits per heavy atom. The monoisotopic (exact) mass is 324 g/mol. The third-order valence-corrected chi connectivity index (χ3v) is 3.32. The minimum Gasteiger partial charge on any atom is -0.357 e. The molecule has 1 aromatic heterocycles. The van der Waals surface area contributed by atoms with Crippen LogP contribution in [0.4, 0.5) is 13.2 Å². The summed E-state index contributed by atoms with van der Waals surface area (Å²) < 4.78 is 39.5. The standard InChI is InChI=1S/C16H19F3N4/c1-20-15(22-10-13-7-8-23(2)11-13)21-9-12-3-5-14(6-4-12)16(17,18)19/h3-8,11H,9-10H2,1-2H3,(H2,20,21,22). The Morgan fingerprint density at radius 3 is 2.13 bits per heavy atom. The Bertz CT molecular complexity index is 657. The van der Waals surface area contributed by atoms with Gasteiger partial charge in [-0.15, -0.1) is 0 Å². The fourth-order valence-electron chi connectivity index (χ4n) is 2.07. The molecule has 0 radical (unpaired) electrons. The Hall–Kier alpha value is -2.44. The van der Waals surface area contributed by atoms with E-state index in [2.05, 4.69) is 15.6 Å². The molecule has 2 aromatic rings. The molecule has 2 N–H and O–H groups in total.